The van der Waals surface area contributed by atoms with Gasteiger partial charge in [0.15, 0.2) is 0 Å². The molecule has 2 rings (SSSR count). The smallest absolute Gasteiger partial charge is 0.253 e. The Balaban J connectivity index is 2.04. The first-order valence-electron chi connectivity index (χ1n) is 6.44. The molecule has 98 valence electrons. The molecule has 1 aromatic heterocycles. The molecule has 0 saturated heterocycles. The molecule has 1 amide bonds. The SMILES string of the molecule is CNc1cnccc1C(=O)NC1CCC(C)(C)C1. The number of rotatable bonds is 3. The number of carbonyl (C=O) groups excluding carboxylic acids is 1. The zero-order chi connectivity index (χ0) is 13.2. The van der Waals surface area contributed by atoms with E-state index < -0.39 is 0 Å². The van der Waals surface area contributed by atoms with Crippen LogP contribution in [0.1, 0.15) is 43.5 Å². The Morgan fingerprint density at radius 2 is 2.28 bits per heavy atom. The van der Waals surface area contributed by atoms with Crippen LogP contribution in [0.15, 0.2) is 18.5 Å². The van der Waals surface area contributed by atoms with Crippen LogP contribution < -0.4 is 10.6 Å². The van der Waals surface area contributed by atoms with Crippen molar-refractivity contribution in [3.63, 3.8) is 0 Å². The molecule has 1 atom stereocenters. The second-order valence-electron chi connectivity index (χ2n) is 5.75. The molecular formula is C14H21N3O. The summed E-state index contributed by atoms with van der Waals surface area (Å²) in [4.78, 5) is 16.2. The highest BCUT2D eigenvalue weighted by Gasteiger charge is 2.31. The monoisotopic (exact) mass is 247 g/mol. The topological polar surface area (TPSA) is 54.0 Å². The number of pyridine rings is 1. The van der Waals surface area contributed by atoms with E-state index in [0.29, 0.717) is 17.0 Å². The molecule has 1 heterocycles. The summed E-state index contributed by atoms with van der Waals surface area (Å²) in [6, 6.07) is 2.05. The summed E-state index contributed by atoms with van der Waals surface area (Å²) >= 11 is 0. The molecule has 0 bridgehead atoms. The fourth-order valence-corrected chi connectivity index (χ4v) is 2.61. The lowest BCUT2D eigenvalue weighted by Gasteiger charge is -2.18. The molecule has 0 aliphatic heterocycles. The van der Waals surface area contributed by atoms with Crippen LogP contribution in [-0.2, 0) is 0 Å². The number of aromatic nitrogens is 1. The summed E-state index contributed by atoms with van der Waals surface area (Å²) in [7, 11) is 1.80. The van der Waals surface area contributed by atoms with Gasteiger partial charge >= 0.3 is 0 Å². The highest BCUT2D eigenvalue weighted by Crippen LogP contribution is 2.37. The standard InChI is InChI=1S/C14H21N3O/c1-14(2)6-4-10(8-14)17-13(18)11-5-7-16-9-12(11)15-3/h5,7,9-10,15H,4,6,8H2,1-3H3,(H,17,18). The molecule has 0 aromatic carbocycles. The zero-order valence-corrected chi connectivity index (χ0v) is 11.3. The van der Waals surface area contributed by atoms with E-state index >= 15 is 0 Å². The maximum Gasteiger partial charge on any atom is 0.253 e. The van der Waals surface area contributed by atoms with Crippen molar-refractivity contribution in [1.29, 1.82) is 0 Å². The van der Waals surface area contributed by atoms with Gasteiger partial charge in [0, 0.05) is 19.3 Å². The number of amides is 1. The van der Waals surface area contributed by atoms with Gasteiger partial charge in [0.2, 0.25) is 0 Å². The lowest BCUT2D eigenvalue weighted by molar-refractivity contribution is 0.0936. The Bertz CT molecular complexity index is 442. The first kappa shape index (κ1) is 12.9. The number of anilines is 1. The lowest BCUT2D eigenvalue weighted by Crippen LogP contribution is -2.33. The summed E-state index contributed by atoms with van der Waals surface area (Å²) in [6.07, 6.45) is 6.62. The number of hydrogen-bond acceptors (Lipinski definition) is 3. The van der Waals surface area contributed by atoms with Gasteiger partial charge < -0.3 is 10.6 Å². The summed E-state index contributed by atoms with van der Waals surface area (Å²) in [5.74, 6) is -0.00977. The van der Waals surface area contributed by atoms with E-state index in [1.54, 1.807) is 25.5 Å². The largest absolute Gasteiger partial charge is 0.386 e. The van der Waals surface area contributed by atoms with Crippen LogP contribution in [-0.4, -0.2) is 24.0 Å². The molecule has 1 aliphatic rings. The molecule has 1 unspecified atom stereocenters. The van der Waals surface area contributed by atoms with Crippen molar-refractivity contribution in [2.24, 2.45) is 5.41 Å². The summed E-state index contributed by atoms with van der Waals surface area (Å²) in [5, 5.41) is 6.11. The Labute approximate surface area is 108 Å². The van der Waals surface area contributed by atoms with Crippen molar-refractivity contribution in [3.8, 4) is 0 Å². The van der Waals surface area contributed by atoms with Gasteiger partial charge in [-0.3, -0.25) is 9.78 Å². The minimum atomic E-state index is -0.00977. The van der Waals surface area contributed by atoms with Crippen molar-refractivity contribution in [1.82, 2.24) is 10.3 Å². The average molecular weight is 247 g/mol. The fraction of sp³-hybridized carbons (Fsp3) is 0.571. The summed E-state index contributed by atoms with van der Waals surface area (Å²) < 4.78 is 0. The Hall–Kier alpha value is -1.58. The first-order valence-corrected chi connectivity index (χ1v) is 6.44. The quantitative estimate of drug-likeness (QED) is 0.862. The highest BCUT2D eigenvalue weighted by molar-refractivity contribution is 5.99. The summed E-state index contributed by atoms with van der Waals surface area (Å²) in [6.45, 7) is 4.51. The third kappa shape index (κ3) is 2.81. The minimum absolute atomic E-state index is 0.00977. The summed E-state index contributed by atoms with van der Waals surface area (Å²) in [5.41, 5.74) is 1.78. The molecule has 1 aliphatic carbocycles. The third-order valence-corrected chi connectivity index (χ3v) is 3.64. The molecular weight excluding hydrogens is 226 g/mol. The van der Waals surface area contributed by atoms with Crippen LogP contribution in [0.3, 0.4) is 0 Å². The van der Waals surface area contributed by atoms with Crippen molar-refractivity contribution in [2.45, 2.75) is 39.2 Å². The lowest BCUT2D eigenvalue weighted by atomic mass is 9.92. The third-order valence-electron chi connectivity index (χ3n) is 3.64. The molecule has 1 saturated carbocycles. The van der Waals surface area contributed by atoms with Crippen LogP contribution in [0.5, 0.6) is 0 Å². The number of carbonyl (C=O) groups is 1. The first-order chi connectivity index (χ1) is 8.52. The van der Waals surface area contributed by atoms with Gasteiger partial charge in [-0.2, -0.15) is 0 Å². The predicted octanol–water partition coefficient (Wildman–Crippen LogP) is 2.43. The van der Waals surface area contributed by atoms with Crippen LogP contribution in [0.2, 0.25) is 0 Å². The van der Waals surface area contributed by atoms with Gasteiger partial charge in [-0.25, -0.2) is 0 Å². The van der Waals surface area contributed by atoms with E-state index in [1.807, 2.05) is 0 Å². The van der Waals surface area contributed by atoms with Gasteiger partial charge in [-0.05, 0) is 30.7 Å². The van der Waals surface area contributed by atoms with Gasteiger partial charge in [0.05, 0.1) is 17.4 Å². The van der Waals surface area contributed by atoms with Gasteiger partial charge in [0.25, 0.3) is 5.91 Å². The Morgan fingerprint density at radius 1 is 1.50 bits per heavy atom. The van der Waals surface area contributed by atoms with Crippen molar-refractivity contribution in [3.05, 3.63) is 24.0 Å². The molecule has 2 N–H and O–H groups in total. The van der Waals surface area contributed by atoms with Crippen LogP contribution in [0, 0.1) is 5.41 Å². The molecule has 4 heteroatoms. The maximum atomic E-state index is 12.2. The molecule has 4 nitrogen and oxygen atoms in total. The maximum absolute atomic E-state index is 12.2. The second-order valence-corrected chi connectivity index (χ2v) is 5.75. The van der Waals surface area contributed by atoms with E-state index in [9.17, 15) is 4.79 Å². The average Bonchev–Trinajstić information content (AvgIpc) is 2.68. The van der Waals surface area contributed by atoms with E-state index in [4.69, 9.17) is 0 Å². The molecule has 0 spiro atoms. The zero-order valence-electron chi connectivity index (χ0n) is 11.3. The van der Waals surface area contributed by atoms with E-state index in [2.05, 4.69) is 29.5 Å². The van der Waals surface area contributed by atoms with E-state index in [-0.39, 0.29) is 5.91 Å². The van der Waals surface area contributed by atoms with Crippen LogP contribution in [0.25, 0.3) is 0 Å². The minimum Gasteiger partial charge on any atom is -0.386 e. The van der Waals surface area contributed by atoms with E-state index in [1.165, 1.54) is 6.42 Å². The van der Waals surface area contributed by atoms with Crippen LogP contribution in [0.4, 0.5) is 5.69 Å². The number of nitrogens with one attached hydrogen (secondary N) is 2. The van der Waals surface area contributed by atoms with Crippen molar-refractivity contribution >= 4 is 11.6 Å². The van der Waals surface area contributed by atoms with Gasteiger partial charge in [-0.15, -0.1) is 0 Å². The van der Waals surface area contributed by atoms with Crippen molar-refractivity contribution < 1.29 is 4.79 Å². The molecule has 0 radical (unpaired) electrons. The Morgan fingerprint density at radius 3 is 2.89 bits per heavy atom. The normalized spacial score (nSPS) is 21.6. The van der Waals surface area contributed by atoms with Gasteiger partial charge in [-0.1, -0.05) is 13.8 Å². The molecule has 18 heavy (non-hydrogen) atoms. The number of hydrogen-bond donors (Lipinski definition) is 2. The highest BCUT2D eigenvalue weighted by atomic mass is 16.1. The van der Waals surface area contributed by atoms with E-state index in [0.717, 1.165) is 18.5 Å². The fourth-order valence-electron chi connectivity index (χ4n) is 2.61. The van der Waals surface area contributed by atoms with Crippen LogP contribution >= 0.6 is 0 Å². The Kier molecular flexibility index (Phi) is 3.55. The molecule has 1 aromatic rings. The predicted molar refractivity (Wildman–Crippen MR) is 72.7 cm³/mol. The second kappa shape index (κ2) is 4.96. The van der Waals surface area contributed by atoms with Crippen molar-refractivity contribution in [2.75, 3.05) is 12.4 Å². The number of nitrogens with zero attached hydrogens (tertiary/aromatic N) is 1. The van der Waals surface area contributed by atoms with Gasteiger partial charge in [0.1, 0.15) is 0 Å². The molecule has 1 fully saturated rings.